The summed E-state index contributed by atoms with van der Waals surface area (Å²) in [7, 11) is 0. The molecule has 8 nitrogen and oxygen atoms in total. The third-order valence-corrected chi connectivity index (χ3v) is 8.13. The molecule has 1 N–H and O–H groups in total. The number of carbonyl (C=O) groups excluding carboxylic acids is 3. The number of aliphatic hydroxyl groups excluding tert-OH is 1. The first-order chi connectivity index (χ1) is 20.2. The Morgan fingerprint density at radius 3 is 2.38 bits per heavy atom. The molecule has 1 aliphatic rings. The number of aromatic nitrogens is 1. The number of aryl methyl sites for hydroxylation is 3. The molecule has 3 aromatic carbocycles. The van der Waals surface area contributed by atoms with E-state index in [0.29, 0.717) is 34.7 Å². The molecule has 1 unspecified atom stereocenters. The molecule has 1 amide bonds. The zero-order chi connectivity index (χ0) is 30.0. The van der Waals surface area contributed by atoms with Crippen LogP contribution in [-0.4, -0.2) is 34.4 Å². The predicted octanol–water partition coefficient (Wildman–Crippen LogP) is 6.45. The largest absolute Gasteiger partial charge is 0.507 e. The summed E-state index contributed by atoms with van der Waals surface area (Å²) in [5.41, 5.74) is 4.03. The van der Waals surface area contributed by atoms with Gasteiger partial charge in [-0.1, -0.05) is 71.5 Å². The average molecular weight is 583 g/mol. The van der Waals surface area contributed by atoms with Gasteiger partial charge in [-0.3, -0.25) is 14.5 Å². The number of benzene rings is 3. The summed E-state index contributed by atoms with van der Waals surface area (Å²) >= 11 is 0.977. The van der Waals surface area contributed by atoms with Gasteiger partial charge in [-0.25, -0.2) is 9.78 Å². The van der Waals surface area contributed by atoms with E-state index in [0.717, 1.165) is 22.5 Å². The van der Waals surface area contributed by atoms with Crippen LogP contribution in [0.2, 0.25) is 0 Å². The number of ketones is 1. The molecular formula is C33H30N2O6S. The van der Waals surface area contributed by atoms with Crippen molar-refractivity contribution in [1.82, 2.24) is 4.98 Å². The van der Waals surface area contributed by atoms with Gasteiger partial charge >= 0.3 is 11.9 Å². The number of aliphatic hydroxyl groups is 1. The predicted molar refractivity (Wildman–Crippen MR) is 161 cm³/mol. The highest BCUT2D eigenvalue weighted by Gasteiger charge is 2.48. The Hall–Kier alpha value is -4.76. The Labute approximate surface area is 247 Å². The number of carbonyl (C=O) groups is 3. The number of hydrogen-bond acceptors (Lipinski definition) is 8. The highest BCUT2D eigenvalue weighted by molar-refractivity contribution is 7.17. The molecule has 1 atom stereocenters. The summed E-state index contributed by atoms with van der Waals surface area (Å²) in [6.07, 6.45) is 0. The lowest BCUT2D eigenvalue weighted by atomic mass is 9.93. The van der Waals surface area contributed by atoms with Crippen LogP contribution in [0.1, 0.15) is 56.1 Å². The zero-order valence-corrected chi connectivity index (χ0v) is 24.5. The van der Waals surface area contributed by atoms with Crippen molar-refractivity contribution >= 4 is 39.9 Å². The third-order valence-electron chi connectivity index (χ3n) is 6.99. The maximum Gasteiger partial charge on any atom is 0.350 e. The molecule has 1 aromatic heterocycles. The van der Waals surface area contributed by atoms with E-state index in [1.165, 1.54) is 4.90 Å². The van der Waals surface area contributed by atoms with Crippen LogP contribution in [0.4, 0.5) is 5.13 Å². The molecule has 42 heavy (non-hydrogen) atoms. The van der Waals surface area contributed by atoms with E-state index in [1.807, 2.05) is 61.5 Å². The fourth-order valence-electron chi connectivity index (χ4n) is 4.84. The number of nitrogens with zero attached hydrogens (tertiary/aromatic N) is 2. The monoisotopic (exact) mass is 582 g/mol. The summed E-state index contributed by atoms with van der Waals surface area (Å²) in [5.74, 6) is -1.92. The summed E-state index contributed by atoms with van der Waals surface area (Å²) in [6.45, 7) is 7.65. The van der Waals surface area contributed by atoms with Crippen LogP contribution in [-0.2, 0) is 20.9 Å². The SMILES string of the molecule is CCOC(=O)c1sc(N2C(=O)C(=O)/C(=C(/O)c3ccc(OCc4ccccc4)cc3C)C2c2ccc(C)cc2)nc1C. The van der Waals surface area contributed by atoms with Gasteiger partial charge in [0.15, 0.2) is 5.13 Å². The Bertz CT molecular complexity index is 1690. The molecule has 9 heteroatoms. The standard InChI is InChI=1S/C33H30N2O6S/c1-5-40-32(39)30-21(4)34-33(42-30)35-27(23-13-11-19(2)12-14-23)26(29(37)31(35)38)28(36)25-16-15-24(17-20(25)3)41-18-22-9-7-6-8-10-22/h6-17,27,36H,5,18H2,1-4H3/b28-26+. The number of thiazole rings is 1. The smallest absolute Gasteiger partial charge is 0.350 e. The van der Waals surface area contributed by atoms with Crippen molar-refractivity contribution in [2.75, 3.05) is 11.5 Å². The minimum atomic E-state index is -0.959. The van der Waals surface area contributed by atoms with Crippen LogP contribution < -0.4 is 9.64 Å². The summed E-state index contributed by atoms with van der Waals surface area (Å²) in [6, 6.07) is 21.3. The molecule has 4 aromatic rings. The topological polar surface area (TPSA) is 106 Å². The number of rotatable bonds is 8. The number of hydrogen-bond donors (Lipinski definition) is 1. The van der Waals surface area contributed by atoms with Crippen molar-refractivity contribution in [1.29, 1.82) is 0 Å². The Morgan fingerprint density at radius 1 is 1.00 bits per heavy atom. The average Bonchev–Trinajstić information content (AvgIpc) is 3.49. The maximum absolute atomic E-state index is 13.6. The highest BCUT2D eigenvalue weighted by Crippen LogP contribution is 2.44. The summed E-state index contributed by atoms with van der Waals surface area (Å²) in [5, 5.41) is 11.8. The molecule has 0 saturated carbocycles. The Morgan fingerprint density at radius 2 is 1.71 bits per heavy atom. The second-order valence-corrected chi connectivity index (χ2v) is 10.9. The highest BCUT2D eigenvalue weighted by atomic mass is 32.1. The molecule has 1 aliphatic heterocycles. The second-order valence-electron chi connectivity index (χ2n) is 9.96. The van der Waals surface area contributed by atoms with Gasteiger partial charge in [0, 0.05) is 5.56 Å². The first-order valence-electron chi connectivity index (χ1n) is 13.5. The molecule has 1 fully saturated rings. The number of amides is 1. The van der Waals surface area contributed by atoms with Crippen molar-refractivity contribution in [3.63, 3.8) is 0 Å². The Balaban J connectivity index is 1.57. The second kappa shape index (κ2) is 12.0. The number of Topliss-reactive ketones (excluding diaryl/α,β-unsaturated/α-hetero) is 1. The van der Waals surface area contributed by atoms with E-state index in [1.54, 1.807) is 39.0 Å². The number of esters is 1. The minimum Gasteiger partial charge on any atom is -0.507 e. The maximum atomic E-state index is 13.6. The van der Waals surface area contributed by atoms with Crippen molar-refractivity contribution in [3.05, 3.63) is 117 Å². The molecule has 1 saturated heterocycles. The van der Waals surface area contributed by atoms with Crippen molar-refractivity contribution in [2.24, 2.45) is 0 Å². The minimum absolute atomic E-state index is 0.0598. The van der Waals surface area contributed by atoms with Gasteiger partial charge < -0.3 is 14.6 Å². The van der Waals surface area contributed by atoms with Crippen LogP contribution >= 0.6 is 11.3 Å². The van der Waals surface area contributed by atoms with Crippen molar-refractivity contribution < 1.29 is 29.0 Å². The number of anilines is 1. The molecule has 0 radical (unpaired) electrons. The van der Waals surface area contributed by atoms with E-state index in [-0.39, 0.29) is 27.9 Å². The lowest BCUT2D eigenvalue weighted by molar-refractivity contribution is -0.132. The lowest BCUT2D eigenvalue weighted by Crippen LogP contribution is -2.29. The molecular weight excluding hydrogens is 552 g/mol. The van der Waals surface area contributed by atoms with E-state index >= 15 is 0 Å². The third kappa shape index (κ3) is 5.56. The summed E-state index contributed by atoms with van der Waals surface area (Å²) < 4.78 is 11.1. The molecule has 5 rings (SSSR count). The zero-order valence-electron chi connectivity index (χ0n) is 23.7. The van der Waals surface area contributed by atoms with Gasteiger partial charge in [0.05, 0.1) is 23.9 Å². The fraction of sp³-hybridized carbons (Fsp3) is 0.212. The molecule has 0 aliphatic carbocycles. The Kier molecular flexibility index (Phi) is 8.22. The fourth-order valence-corrected chi connectivity index (χ4v) is 5.83. The van der Waals surface area contributed by atoms with Crippen LogP contribution in [0.5, 0.6) is 5.75 Å². The lowest BCUT2D eigenvalue weighted by Gasteiger charge is -2.23. The molecule has 0 bridgehead atoms. The van der Waals surface area contributed by atoms with Crippen molar-refractivity contribution in [2.45, 2.75) is 40.3 Å². The first-order valence-corrected chi connectivity index (χ1v) is 14.3. The van der Waals surface area contributed by atoms with Gasteiger partial charge in [-0.15, -0.1) is 0 Å². The van der Waals surface area contributed by atoms with Gasteiger partial charge in [-0.2, -0.15) is 0 Å². The van der Waals surface area contributed by atoms with Crippen LogP contribution in [0.25, 0.3) is 5.76 Å². The van der Waals surface area contributed by atoms with E-state index in [9.17, 15) is 19.5 Å². The van der Waals surface area contributed by atoms with E-state index in [2.05, 4.69) is 4.98 Å². The van der Waals surface area contributed by atoms with E-state index < -0.39 is 23.7 Å². The van der Waals surface area contributed by atoms with Crippen LogP contribution in [0.15, 0.2) is 78.4 Å². The normalized spacial score (nSPS) is 16.1. The van der Waals surface area contributed by atoms with Gasteiger partial charge in [0.1, 0.15) is 23.0 Å². The van der Waals surface area contributed by atoms with Gasteiger partial charge in [-0.05, 0) is 62.6 Å². The molecule has 214 valence electrons. The van der Waals surface area contributed by atoms with Crippen LogP contribution in [0, 0.1) is 20.8 Å². The molecule has 0 spiro atoms. The van der Waals surface area contributed by atoms with Crippen molar-refractivity contribution in [3.8, 4) is 5.75 Å². The van der Waals surface area contributed by atoms with E-state index in [4.69, 9.17) is 9.47 Å². The first kappa shape index (κ1) is 28.8. The quantitative estimate of drug-likeness (QED) is 0.110. The van der Waals surface area contributed by atoms with Crippen LogP contribution in [0.3, 0.4) is 0 Å². The molecule has 2 heterocycles. The number of ether oxygens (including phenoxy) is 2. The van der Waals surface area contributed by atoms with Gasteiger partial charge in [0.25, 0.3) is 5.78 Å². The summed E-state index contributed by atoms with van der Waals surface area (Å²) in [4.78, 5) is 45.6. The van der Waals surface area contributed by atoms with Gasteiger partial charge in [0.2, 0.25) is 0 Å².